The third-order valence-corrected chi connectivity index (χ3v) is 7.04. The van der Waals surface area contributed by atoms with E-state index >= 15 is 0 Å². The summed E-state index contributed by atoms with van der Waals surface area (Å²) in [6.45, 7) is -0.650. The van der Waals surface area contributed by atoms with Crippen molar-refractivity contribution in [3.63, 3.8) is 0 Å². The normalized spacial score (nSPS) is 17.5. The molecule has 0 saturated carbocycles. The van der Waals surface area contributed by atoms with Gasteiger partial charge in [-0.05, 0) is 61.4 Å². The van der Waals surface area contributed by atoms with E-state index in [1.165, 1.54) is 60.7 Å². The van der Waals surface area contributed by atoms with E-state index in [1.54, 1.807) is 12.2 Å². The number of nitro benzene ring substituents is 2. The molecule has 2 aliphatic rings. The van der Waals surface area contributed by atoms with Crippen LogP contribution in [-0.4, -0.2) is 49.9 Å². The van der Waals surface area contributed by atoms with Crippen LogP contribution in [0.1, 0.15) is 33.6 Å². The van der Waals surface area contributed by atoms with Crippen LogP contribution in [0.2, 0.25) is 0 Å². The average molecular weight is 571 g/mol. The van der Waals surface area contributed by atoms with Crippen LogP contribution in [0, 0.1) is 32.1 Å². The number of hydrazine groups is 1. The summed E-state index contributed by atoms with van der Waals surface area (Å²) in [7, 11) is 0. The van der Waals surface area contributed by atoms with Crippen LogP contribution in [-0.2, 0) is 9.59 Å². The number of ketones is 1. The third-order valence-electron chi connectivity index (χ3n) is 7.04. The predicted molar refractivity (Wildman–Crippen MR) is 145 cm³/mol. The van der Waals surface area contributed by atoms with Gasteiger partial charge in [-0.1, -0.05) is 12.2 Å². The van der Waals surface area contributed by atoms with Gasteiger partial charge in [0.2, 0.25) is 0 Å². The van der Waals surface area contributed by atoms with Gasteiger partial charge >= 0.3 is 0 Å². The average Bonchev–Trinajstić information content (AvgIpc) is 3.25. The van der Waals surface area contributed by atoms with Crippen molar-refractivity contribution in [1.29, 1.82) is 0 Å². The van der Waals surface area contributed by atoms with Crippen molar-refractivity contribution in [3.05, 3.63) is 116 Å². The number of ether oxygens (including phenoxy) is 1. The smallest absolute Gasteiger partial charge is 0.273 e. The molecular formula is C29H22N4O9. The van der Waals surface area contributed by atoms with Crippen LogP contribution >= 0.6 is 0 Å². The standard InChI is InChI=1S/C29H22N4O9/c34-26(18-7-13-22(14-8-18)42-23-15-11-21(12-16-23)33(40)41)17-30(27(35)19-5-9-20(10-6-19)32(38)39)31-28(36)24-3-1-2-4-25(24)29(31)37/h1-2,5-16,24-25H,3-4,17H2/t24-,25-/m0/s1. The van der Waals surface area contributed by atoms with Crippen LogP contribution in [0.4, 0.5) is 11.4 Å². The number of benzene rings is 3. The maximum atomic E-state index is 13.6. The maximum Gasteiger partial charge on any atom is 0.273 e. The monoisotopic (exact) mass is 570 g/mol. The van der Waals surface area contributed by atoms with E-state index < -0.39 is 51.7 Å². The molecule has 3 aromatic rings. The Morgan fingerprint density at radius 1 is 0.738 bits per heavy atom. The zero-order valence-corrected chi connectivity index (χ0v) is 21.8. The first-order valence-electron chi connectivity index (χ1n) is 12.8. The zero-order valence-electron chi connectivity index (χ0n) is 21.8. The van der Waals surface area contributed by atoms with Gasteiger partial charge in [0, 0.05) is 35.4 Å². The van der Waals surface area contributed by atoms with E-state index in [1.807, 2.05) is 0 Å². The fourth-order valence-corrected chi connectivity index (χ4v) is 4.84. The van der Waals surface area contributed by atoms with Gasteiger partial charge < -0.3 is 4.74 Å². The topological polar surface area (TPSA) is 170 Å². The summed E-state index contributed by atoms with van der Waals surface area (Å²) in [4.78, 5) is 74.2. The Morgan fingerprint density at radius 3 is 1.64 bits per heavy atom. The summed E-state index contributed by atoms with van der Waals surface area (Å²) in [6, 6.07) is 15.9. The van der Waals surface area contributed by atoms with E-state index in [2.05, 4.69) is 0 Å². The fraction of sp³-hybridized carbons (Fsp3) is 0.172. The van der Waals surface area contributed by atoms with Crippen molar-refractivity contribution in [1.82, 2.24) is 10.0 Å². The third kappa shape index (κ3) is 5.47. The Morgan fingerprint density at radius 2 is 1.17 bits per heavy atom. The highest BCUT2D eigenvalue weighted by Gasteiger charge is 2.51. The minimum atomic E-state index is -0.843. The molecule has 2 atom stereocenters. The van der Waals surface area contributed by atoms with Crippen LogP contribution in [0.5, 0.6) is 11.5 Å². The van der Waals surface area contributed by atoms with Gasteiger partial charge in [-0.25, -0.2) is 5.01 Å². The number of allylic oxidation sites excluding steroid dienone is 2. The van der Waals surface area contributed by atoms with Crippen molar-refractivity contribution < 1.29 is 33.8 Å². The van der Waals surface area contributed by atoms with E-state index in [9.17, 15) is 39.4 Å². The molecule has 0 N–H and O–H groups in total. The predicted octanol–water partition coefficient (Wildman–Crippen LogP) is 4.49. The summed E-state index contributed by atoms with van der Waals surface area (Å²) < 4.78 is 5.67. The summed E-state index contributed by atoms with van der Waals surface area (Å²) in [5.41, 5.74) is -0.239. The lowest BCUT2D eigenvalue weighted by Gasteiger charge is -2.30. The van der Waals surface area contributed by atoms with Crippen molar-refractivity contribution in [2.75, 3.05) is 6.54 Å². The molecule has 1 fully saturated rings. The Balaban J connectivity index is 1.38. The van der Waals surface area contributed by atoms with Gasteiger partial charge in [-0.15, -0.1) is 0 Å². The van der Waals surface area contributed by atoms with Crippen molar-refractivity contribution in [2.24, 2.45) is 11.8 Å². The number of carbonyl (C=O) groups is 4. The Kier molecular flexibility index (Phi) is 7.56. The summed E-state index contributed by atoms with van der Waals surface area (Å²) in [5.74, 6) is -3.25. The van der Waals surface area contributed by atoms with E-state index in [-0.39, 0.29) is 22.5 Å². The van der Waals surface area contributed by atoms with E-state index in [4.69, 9.17) is 4.74 Å². The fourth-order valence-electron chi connectivity index (χ4n) is 4.84. The number of rotatable bonds is 9. The molecule has 42 heavy (non-hydrogen) atoms. The first kappa shape index (κ1) is 27.8. The first-order valence-corrected chi connectivity index (χ1v) is 12.8. The molecule has 13 nitrogen and oxygen atoms in total. The molecule has 1 aliphatic carbocycles. The molecule has 1 saturated heterocycles. The van der Waals surface area contributed by atoms with Crippen LogP contribution < -0.4 is 4.74 Å². The highest BCUT2D eigenvalue weighted by Crippen LogP contribution is 2.36. The number of amides is 3. The lowest BCUT2D eigenvalue weighted by atomic mass is 9.85. The lowest BCUT2D eigenvalue weighted by Crippen LogP contribution is -2.52. The Bertz CT molecular complexity index is 1590. The largest absolute Gasteiger partial charge is 0.457 e. The van der Waals surface area contributed by atoms with E-state index in [0.29, 0.717) is 24.3 Å². The zero-order chi connectivity index (χ0) is 30.0. The van der Waals surface area contributed by atoms with Crippen molar-refractivity contribution in [2.45, 2.75) is 12.8 Å². The van der Waals surface area contributed by atoms with Crippen molar-refractivity contribution >= 4 is 34.9 Å². The molecule has 3 aromatic carbocycles. The number of hydrogen-bond acceptors (Lipinski definition) is 9. The van der Waals surface area contributed by atoms with Crippen LogP contribution in [0.25, 0.3) is 0 Å². The van der Waals surface area contributed by atoms with Gasteiger partial charge in [-0.2, -0.15) is 5.01 Å². The lowest BCUT2D eigenvalue weighted by molar-refractivity contribution is -0.385. The number of non-ortho nitro benzene ring substituents is 2. The number of nitrogens with zero attached hydrogens (tertiary/aromatic N) is 4. The maximum absolute atomic E-state index is 13.6. The molecule has 0 unspecified atom stereocenters. The molecule has 212 valence electrons. The number of carbonyl (C=O) groups excluding carboxylic acids is 4. The summed E-state index contributed by atoms with van der Waals surface area (Å²) >= 11 is 0. The second-order valence-corrected chi connectivity index (χ2v) is 9.61. The quantitative estimate of drug-likeness (QED) is 0.118. The molecule has 3 amide bonds. The number of imide groups is 1. The summed E-state index contributed by atoms with van der Waals surface area (Å²) in [6.07, 6.45) is 4.25. The molecule has 0 aromatic heterocycles. The highest BCUT2D eigenvalue weighted by molar-refractivity contribution is 6.09. The number of fused-ring (bicyclic) bond motifs is 1. The Hall–Kier alpha value is -5.72. The molecular weight excluding hydrogens is 548 g/mol. The first-order chi connectivity index (χ1) is 20.1. The molecule has 1 aliphatic heterocycles. The minimum absolute atomic E-state index is 0.0474. The molecule has 13 heteroatoms. The van der Waals surface area contributed by atoms with Gasteiger partial charge in [0.05, 0.1) is 21.7 Å². The minimum Gasteiger partial charge on any atom is -0.457 e. The molecule has 0 spiro atoms. The molecule has 0 radical (unpaired) electrons. The SMILES string of the molecule is O=C(CN(C(=O)c1ccc([N+](=O)[O-])cc1)N1C(=O)[C@H]2CC=CC[C@@H]2C1=O)c1ccc(Oc2ccc([N+](=O)[O-])cc2)cc1. The Labute approximate surface area is 237 Å². The number of Topliss-reactive ketones (excluding diaryl/α,β-unsaturated/α-hetero) is 1. The second kappa shape index (κ2) is 11.4. The summed E-state index contributed by atoms with van der Waals surface area (Å²) in [5, 5.41) is 23.4. The van der Waals surface area contributed by atoms with E-state index in [0.717, 1.165) is 22.2 Å². The van der Waals surface area contributed by atoms with Crippen molar-refractivity contribution in [3.8, 4) is 11.5 Å². The van der Waals surface area contributed by atoms with Gasteiger partial charge in [-0.3, -0.25) is 39.4 Å². The van der Waals surface area contributed by atoms with Gasteiger partial charge in [0.25, 0.3) is 29.1 Å². The van der Waals surface area contributed by atoms with Crippen LogP contribution in [0.3, 0.4) is 0 Å². The van der Waals surface area contributed by atoms with Gasteiger partial charge in [0.1, 0.15) is 18.0 Å². The van der Waals surface area contributed by atoms with Crippen LogP contribution in [0.15, 0.2) is 84.9 Å². The molecule has 5 rings (SSSR count). The second-order valence-electron chi connectivity index (χ2n) is 9.61. The number of nitro groups is 2. The molecule has 0 bridgehead atoms. The van der Waals surface area contributed by atoms with Gasteiger partial charge in [0.15, 0.2) is 5.78 Å². The molecule has 1 heterocycles. The number of hydrogen-bond donors (Lipinski definition) is 0. The highest BCUT2D eigenvalue weighted by atomic mass is 16.6.